The number of rotatable bonds is 5. The average molecular weight is 399 g/mol. The number of carboxylic acid groups (broad SMARTS) is 1. The van der Waals surface area contributed by atoms with Crippen molar-refractivity contribution in [3.63, 3.8) is 0 Å². The van der Waals surface area contributed by atoms with Gasteiger partial charge in [-0.1, -0.05) is 0 Å². The second-order valence-corrected chi connectivity index (χ2v) is 7.02. The molecule has 3 rings (SSSR count). The summed E-state index contributed by atoms with van der Waals surface area (Å²) in [5, 5.41) is 9.42. The Balaban J connectivity index is 2.02. The van der Waals surface area contributed by atoms with Gasteiger partial charge in [0.15, 0.2) is 0 Å². The van der Waals surface area contributed by atoms with E-state index in [9.17, 15) is 27.5 Å². The van der Waals surface area contributed by atoms with Gasteiger partial charge in [-0.25, -0.2) is 9.18 Å². The lowest BCUT2D eigenvalue weighted by atomic mass is 9.96. The largest absolute Gasteiger partial charge is 0.478 e. The number of aromatic nitrogens is 1. The van der Waals surface area contributed by atoms with Crippen LogP contribution < -0.4 is 0 Å². The monoisotopic (exact) mass is 399 g/mol. The summed E-state index contributed by atoms with van der Waals surface area (Å²) in [5.74, 6) is -1.64. The van der Waals surface area contributed by atoms with Crippen molar-refractivity contribution in [1.29, 1.82) is 0 Å². The van der Waals surface area contributed by atoms with Crippen LogP contribution in [0.4, 0.5) is 17.6 Å². The number of carbonyl (C=O) groups is 1. The highest BCUT2D eigenvalue weighted by atomic mass is 19.4. The van der Waals surface area contributed by atoms with E-state index < -0.39 is 23.5 Å². The molecule has 0 spiro atoms. The van der Waals surface area contributed by atoms with Crippen LogP contribution in [0, 0.1) is 18.7 Å². The van der Waals surface area contributed by atoms with Gasteiger partial charge < -0.3 is 14.4 Å². The number of alkyl halides is 3. The van der Waals surface area contributed by atoms with Gasteiger partial charge in [-0.05, 0) is 56.4 Å². The molecule has 2 aromatic rings. The van der Waals surface area contributed by atoms with Crippen LogP contribution in [-0.2, 0) is 17.5 Å². The van der Waals surface area contributed by atoms with Crippen LogP contribution >= 0.6 is 0 Å². The molecule has 1 aromatic heterocycles. The van der Waals surface area contributed by atoms with E-state index >= 15 is 0 Å². The summed E-state index contributed by atoms with van der Waals surface area (Å²) in [4.78, 5) is 11.5. The Kier molecular flexibility index (Phi) is 5.79. The number of nitrogens with zero attached hydrogens (tertiary/aromatic N) is 1. The van der Waals surface area contributed by atoms with E-state index in [1.807, 2.05) is 0 Å². The molecule has 0 saturated carbocycles. The maximum Gasteiger partial charge on any atom is 0.416 e. The highest BCUT2D eigenvalue weighted by Crippen LogP contribution is 2.35. The number of halogens is 4. The van der Waals surface area contributed by atoms with Crippen molar-refractivity contribution in [2.45, 2.75) is 38.9 Å². The van der Waals surface area contributed by atoms with Gasteiger partial charge in [-0.3, -0.25) is 0 Å². The minimum Gasteiger partial charge on any atom is -0.478 e. The molecule has 0 amide bonds. The second kappa shape index (κ2) is 7.95. The van der Waals surface area contributed by atoms with Crippen molar-refractivity contribution < 1.29 is 32.2 Å². The van der Waals surface area contributed by atoms with Gasteiger partial charge in [0, 0.05) is 31.0 Å². The van der Waals surface area contributed by atoms with Crippen molar-refractivity contribution in [1.82, 2.24) is 4.57 Å². The first-order valence-electron chi connectivity index (χ1n) is 9.06. The molecule has 0 bridgehead atoms. The standard InChI is InChI=1S/C20H21F4NO3/c1-12-15(19(26)27)11-18(25(12)7-4-13-5-8-28-9-6-13)16-10-14(20(22,23)24)2-3-17(16)21/h2-3,10-11,13H,4-9H2,1H3,(H,26,27). The lowest BCUT2D eigenvalue weighted by molar-refractivity contribution is -0.137. The summed E-state index contributed by atoms with van der Waals surface area (Å²) in [7, 11) is 0. The van der Waals surface area contributed by atoms with Crippen LogP contribution in [0.3, 0.4) is 0 Å². The van der Waals surface area contributed by atoms with E-state index in [0.29, 0.717) is 43.9 Å². The van der Waals surface area contributed by atoms with Crippen LogP contribution in [0.15, 0.2) is 24.3 Å². The summed E-state index contributed by atoms with van der Waals surface area (Å²) in [6, 6.07) is 3.43. The van der Waals surface area contributed by atoms with Crippen molar-refractivity contribution in [2.75, 3.05) is 13.2 Å². The number of ether oxygens (including phenoxy) is 1. The fourth-order valence-corrected chi connectivity index (χ4v) is 3.62. The highest BCUT2D eigenvalue weighted by Gasteiger charge is 2.32. The van der Waals surface area contributed by atoms with Crippen molar-refractivity contribution in [2.24, 2.45) is 5.92 Å². The fourth-order valence-electron chi connectivity index (χ4n) is 3.62. The van der Waals surface area contributed by atoms with Crippen molar-refractivity contribution in [3.8, 4) is 11.3 Å². The molecule has 2 heterocycles. The Bertz CT molecular complexity index is 867. The minimum atomic E-state index is -4.62. The van der Waals surface area contributed by atoms with Crippen molar-refractivity contribution in [3.05, 3.63) is 46.9 Å². The zero-order chi connectivity index (χ0) is 20.5. The van der Waals surface area contributed by atoms with Gasteiger partial charge in [0.05, 0.1) is 16.8 Å². The molecule has 4 nitrogen and oxygen atoms in total. The van der Waals surface area contributed by atoms with Gasteiger partial charge in [0.1, 0.15) is 5.82 Å². The van der Waals surface area contributed by atoms with Crippen LogP contribution in [-0.4, -0.2) is 28.9 Å². The molecule has 1 N–H and O–H groups in total. The molecule has 1 aromatic carbocycles. The first kappa shape index (κ1) is 20.4. The van der Waals surface area contributed by atoms with Gasteiger partial charge in [0.25, 0.3) is 0 Å². The molecule has 1 aliphatic rings. The average Bonchev–Trinajstić information content (AvgIpc) is 2.97. The van der Waals surface area contributed by atoms with E-state index in [-0.39, 0.29) is 16.8 Å². The zero-order valence-corrected chi connectivity index (χ0v) is 15.4. The lowest BCUT2D eigenvalue weighted by Crippen LogP contribution is -2.18. The smallest absolute Gasteiger partial charge is 0.416 e. The first-order valence-corrected chi connectivity index (χ1v) is 9.06. The zero-order valence-electron chi connectivity index (χ0n) is 15.4. The van der Waals surface area contributed by atoms with Crippen LogP contribution in [0.25, 0.3) is 11.3 Å². The summed E-state index contributed by atoms with van der Waals surface area (Å²) >= 11 is 0. The SMILES string of the molecule is Cc1c(C(=O)O)cc(-c2cc(C(F)(F)F)ccc2F)n1CCC1CCOCC1. The third-order valence-corrected chi connectivity index (χ3v) is 5.27. The van der Waals surface area contributed by atoms with E-state index in [4.69, 9.17) is 4.74 Å². The minimum absolute atomic E-state index is 0.0428. The summed E-state index contributed by atoms with van der Waals surface area (Å²) in [5.41, 5.74) is -0.733. The molecule has 0 radical (unpaired) electrons. The third-order valence-electron chi connectivity index (χ3n) is 5.27. The van der Waals surface area contributed by atoms with Gasteiger partial charge in [-0.2, -0.15) is 13.2 Å². The van der Waals surface area contributed by atoms with E-state index in [2.05, 4.69) is 0 Å². The molecule has 152 valence electrons. The van der Waals surface area contributed by atoms with Gasteiger partial charge in [-0.15, -0.1) is 0 Å². The number of aromatic carboxylic acids is 1. The molecule has 0 atom stereocenters. The molecular weight excluding hydrogens is 378 g/mol. The highest BCUT2D eigenvalue weighted by molar-refractivity contribution is 5.91. The quantitative estimate of drug-likeness (QED) is 0.709. The van der Waals surface area contributed by atoms with Crippen molar-refractivity contribution >= 4 is 5.97 Å². The van der Waals surface area contributed by atoms with E-state index in [0.717, 1.165) is 25.0 Å². The van der Waals surface area contributed by atoms with Crippen LogP contribution in [0.2, 0.25) is 0 Å². The summed E-state index contributed by atoms with van der Waals surface area (Å²) < 4.78 is 60.6. The molecule has 8 heteroatoms. The van der Waals surface area contributed by atoms with E-state index in [1.54, 1.807) is 11.5 Å². The Morgan fingerprint density at radius 1 is 1.25 bits per heavy atom. The molecule has 1 saturated heterocycles. The number of hydrogen-bond acceptors (Lipinski definition) is 2. The molecule has 28 heavy (non-hydrogen) atoms. The topological polar surface area (TPSA) is 51.5 Å². The molecule has 1 aliphatic heterocycles. The maximum absolute atomic E-state index is 14.4. The van der Waals surface area contributed by atoms with Gasteiger partial charge in [0.2, 0.25) is 0 Å². The maximum atomic E-state index is 14.4. The molecule has 1 fully saturated rings. The normalized spacial score (nSPS) is 15.8. The Morgan fingerprint density at radius 3 is 2.54 bits per heavy atom. The first-order chi connectivity index (χ1) is 13.2. The van der Waals surface area contributed by atoms with Gasteiger partial charge >= 0.3 is 12.1 Å². The Hall–Kier alpha value is -2.35. The Morgan fingerprint density at radius 2 is 1.93 bits per heavy atom. The van der Waals surface area contributed by atoms with E-state index in [1.165, 1.54) is 6.07 Å². The molecular formula is C20H21F4NO3. The Labute approximate surface area is 159 Å². The predicted molar refractivity (Wildman–Crippen MR) is 94.7 cm³/mol. The molecule has 0 unspecified atom stereocenters. The number of carboxylic acids is 1. The summed E-state index contributed by atoms with van der Waals surface area (Å²) in [6.45, 7) is 3.30. The van der Waals surface area contributed by atoms with Crippen LogP contribution in [0.5, 0.6) is 0 Å². The molecule has 0 aliphatic carbocycles. The predicted octanol–water partition coefficient (Wildman–Crippen LogP) is 5.14. The second-order valence-electron chi connectivity index (χ2n) is 7.02. The fraction of sp³-hybridized carbons (Fsp3) is 0.450. The number of hydrogen-bond donors (Lipinski definition) is 1. The lowest BCUT2D eigenvalue weighted by Gasteiger charge is -2.23. The summed E-state index contributed by atoms with van der Waals surface area (Å²) in [6.07, 6.45) is -2.16. The number of benzene rings is 1. The third kappa shape index (κ3) is 4.22. The van der Waals surface area contributed by atoms with Crippen LogP contribution in [0.1, 0.15) is 40.9 Å².